The normalized spacial score (nSPS) is 11.6. The highest BCUT2D eigenvalue weighted by atomic mass is 19.4. The Hall–Kier alpha value is -3.81. The minimum Gasteiger partial charge on any atom is -0.497 e. The van der Waals surface area contributed by atoms with Crippen molar-refractivity contribution in [2.75, 3.05) is 12.8 Å². The number of halogens is 3. The van der Waals surface area contributed by atoms with Gasteiger partial charge in [-0.25, -0.2) is 4.98 Å². The number of methoxy groups -OCH3 is 1. The molecule has 158 valence electrons. The number of carbonyl (C=O) groups excluding carboxylic acids is 1. The second-order valence-corrected chi connectivity index (χ2v) is 7.00. The summed E-state index contributed by atoms with van der Waals surface area (Å²) in [5.41, 5.74) is 5.90. The second-order valence-electron chi connectivity index (χ2n) is 7.00. The van der Waals surface area contributed by atoms with Crippen LogP contribution in [0, 0.1) is 6.92 Å². The number of pyridine rings is 1. The monoisotopic (exact) mass is 426 g/mol. The number of ether oxygens (including phenoxy) is 1. The number of hydrogen-bond donors (Lipinski definition) is 1. The number of aryl methyl sites for hydroxylation is 1. The summed E-state index contributed by atoms with van der Waals surface area (Å²) >= 11 is 0. The fourth-order valence-corrected chi connectivity index (χ4v) is 3.26. The molecule has 0 saturated carbocycles. The Bertz CT molecular complexity index is 1270. The van der Waals surface area contributed by atoms with Gasteiger partial charge in [0.05, 0.1) is 29.4 Å². The van der Waals surface area contributed by atoms with E-state index < -0.39 is 28.6 Å². The van der Waals surface area contributed by atoms with E-state index in [1.807, 2.05) is 6.92 Å². The van der Waals surface area contributed by atoms with Gasteiger partial charge in [0.15, 0.2) is 0 Å². The van der Waals surface area contributed by atoms with Crippen LogP contribution in [0.5, 0.6) is 5.75 Å². The lowest BCUT2D eigenvalue weighted by Gasteiger charge is -2.10. The van der Waals surface area contributed by atoms with Crippen LogP contribution >= 0.6 is 0 Å². The zero-order chi connectivity index (χ0) is 22.3. The van der Waals surface area contributed by atoms with Crippen molar-refractivity contribution in [1.29, 1.82) is 0 Å². The first kappa shape index (κ1) is 20.5. The topological polar surface area (TPSA) is 78.3 Å². The van der Waals surface area contributed by atoms with E-state index >= 15 is 0 Å². The van der Waals surface area contributed by atoms with Gasteiger partial charge in [0.1, 0.15) is 5.75 Å². The largest absolute Gasteiger partial charge is 0.497 e. The van der Waals surface area contributed by atoms with Gasteiger partial charge in [-0.3, -0.25) is 4.79 Å². The van der Waals surface area contributed by atoms with Gasteiger partial charge in [0.2, 0.25) is 17.3 Å². The number of hydrogen-bond acceptors (Lipinski definition) is 5. The fraction of sp³-hybridized carbons (Fsp3) is 0.130. The van der Waals surface area contributed by atoms with E-state index in [0.717, 1.165) is 11.6 Å². The lowest BCUT2D eigenvalue weighted by Crippen LogP contribution is -2.08. The van der Waals surface area contributed by atoms with Crippen molar-refractivity contribution in [3.05, 3.63) is 77.0 Å². The number of alkyl halides is 3. The standard InChI is InChI=1S/C23H17F3N2O3/c1-12-3-5-13(6-4-12)17-11-16(23(24,25)26)18-19(27)21(31-22(18)28-17)20(29)14-7-9-15(30-2)10-8-14/h3-11H,27H2,1-2H3. The Morgan fingerprint density at radius 3 is 2.29 bits per heavy atom. The minimum atomic E-state index is -4.72. The van der Waals surface area contributed by atoms with Crippen LogP contribution in [0.15, 0.2) is 59.0 Å². The third-order valence-corrected chi connectivity index (χ3v) is 4.91. The fourth-order valence-electron chi connectivity index (χ4n) is 3.26. The predicted molar refractivity (Wildman–Crippen MR) is 110 cm³/mol. The van der Waals surface area contributed by atoms with Crippen LogP contribution in [0.1, 0.15) is 27.2 Å². The van der Waals surface area contributed by atoms with Gasteiger partial charge < -0.3 is 14.9 Å². The number of furan rings is 1. The number of carbonyl (C=O) groups is 1. The van der Waals surface area contributed by atoms with E-state index in [2.05, 4.69) is 4.98 Å². The number of anilines is 1. The number of ketones is 1. The molecule has 0 radical (unpaired) electrons. The van der Waals surface area contributed by atoms with Crippen molar-refractivity contribution >= 4 is 22.6 Å². The van der Waals surface area contributed by atoms with Crippen LogP contribution in [0.4, 0.5) is 18.9 Å². The number of nitrogen functional groups attached to an aromatic ring is 1. The Kier molecular flexibility index (Phi) is 4.93. The van der Waals surface area contributed by atoms with E-state index in [-0.39, 0.29) is 22.7 Å². The van der Waals surface area contributed by atoms with Gasteiger partial charge in [0.25, 0.3) is 0 Å². The van der Waals surface area contributed by atoms with Crippen molar-refractivity contribution < 1.29 is 27.1 Å². The lowest BCUT2D eigenvalue weighted by molar-refractivity contribution is -0.136. The molecule has 0 saturated heterocycles. The van der Waals surface area contributed by atoms with Crippen LogP contribution in [0.25, 0.3) is 22.4 Å². The number of nitrogens with zero attached hydrogens (tertiary/aromatic N) is 1. The zero-order valence-electron chi connectivity index (χ0n) is 16.6. The molecule has 0 aliphatic carbocycles. The molecule has 0 amide bonds. The molecule has 0 atom stereocenters. The smallest absolute Gasteiger partial charge is 0.417 e. The number of aromatic nitrogens is 1. The van der Waals surface area contributed by atoms with E-state index in [1.165, 1.54) is 19.2 Å². The molecule has 0 unspecified atom stereocenters. The summed E-state index contributed by atoms with van der Waals surface area (Å²) < 4.78 is 52.1. The molecule has 2 aromatic carbocycles. The van der Waals surface area contributed by atoms with Gasteiger partial charge >= 0.3 is 6.18 Å². The van der Waals surface area contributed by atoms with Gasteiger partial charge in [0, 0.05) is 11.1 Å². The maximum Gasteiger partial charge on any atom is 0.417 e. The third kappa shape index (κ3) is 3.72. The highest BCUT2D eigenvalue weighted by Crippen LogP contribution is 2.41. The van der Waals surface area contributed by atoms with Gasteiger partial charge in [-0.2, -0.15) is 13.2 Å². The molecule has 0 fully saturated rings. The van der Waals surface area contributed by atoms with Crippen molar-refractivity contribution in [2.45, 2.75) is 13.1 Å². The van der Waals surface area contributed by atoms with E-state index in [9.17, 15) is 18.0 Å². The lowest BCUT2D eigenvalue weighted by atomic mass is 10.0. The minimum absolute atomic E-state index is 0.0667. The van der Waals surface area contributed by atoms with Crippen LogP contribution < -0.4 is 10.5 Å². The molecule has 0 bridgehead atoms. The molecule has 2 aromatic heterocycles. The summed E-state index contributed by atoms with van der Waals surface area (Å²) in [6.07, 6.45) is -4.72. The summed E-state index contributed by atoms with van der Waals surface area (Å²) in [5.74, 6) is -0.514. The number of rotatable bonds is 4. The predicted octanol–water partition coefficient (Wildman–Crippen LogP) is 5.64. The maximum atomic E-state index is 13.9. The van der Waals surface area contributed by atoms with Gasteiger partial charge in [-0.1, -0.05) is 29.8 Å². The molecule has 2 N–H and O–H groups in total. The van der Waals surface area contributed by atoms with Crippen LogP contribution in [-0.2, 0) is 6.18 Å². The van der Waals surface area contributed by atoms with Gasteiger partial charge in [-0.05, 0) is 37.3 Å². The molecular weight excluding hydrogens is 409 g/mol. The quantitative estimate of drug-likeness (QED) is 0.427. The Morgan fingerprint density at radius 2 is 1.71 bits per heavy atom. The first-order valence-corrected chi connectivity index (χ1v) is 9.25. The second kappa shape index (κ2) is 7.46. The van der Waals surface area contributed by atoms with Gasteiger partial charge in [-0.15, -0.1) is 0 Å². The van der Waals surface area contributed by atoms with E-state index in [1.54, 1.807) is 36.4 Å². The van der Waals surface area contributed by atoms with Crippen molar-refractivity contribution in [2.24, 2.45) is 0 Å². The molecular formula is C23H17F3N2O3. The summed E-state index contributed by atoms with van der Waals surface area (Å²) in [6.45, 7) is 1.87. The molecule has 8 heteroatoms. The summed E-state index contributed by atoms with van der Waals surface area (Å²) in [7, 11) is 1.48. The molecule has 5 nitrogen and oxygen atoms in total. The molecule has 2 heterocycles. The summed E-state index contributed by atoms with van der Waals surface area (Å²) in [4.78, 5) is 17.1. The SMILES string of the molecule is COc1ccc(C(=O)c2oc3nc(-c4ccc(C)cc4)cc(C(F)(F)F)c3c2N)cc1. The molecule has 4 aromatic rings. The molecule has 4 rings (SSSR count). The number of fused-ring (bicyclic) bond motifs is 1. The van der Waals surface area contributed by atoms with Crippen LogP contribution in [0.2, 0.25) is 0 Å². The third-order valence-electron chi connectivity index (χ3n) is 4.91. The van der Waals surface area contributed by atoms with Crippen molar-refractivity contribution in [1.82, 2.24) is 4.98 Å². The summed E-state index contributed by atoms with van der Waals surface area (Å²) in [5, 5.41) is -0.430. The molecule has 0 aliphatic heterocycles. The highest BCUT2D eigenvalue weighted by Gasteiger charge is 2.37. The maximum absolute atomic E-state index is 13.9. The average Bonchev–Trinajstić information content (AvgIpc) is 3.09. The molecule has 0 spiro atoms. The van der Waals surface area contributed by atoms with E-state index in [4.69, 9.17) is 14.9 Å². The first-order chi connectivity index (χ1) is 14.7. The Morgan fingerprint density at radius 1 is 1.06 bits per heavy atom. The number of nitrogens with two attached hydrogens (primary N) is 1. The number of benzene rings is 2. The Balaban J connectivity index is 1.90. The molecule has 31 heavy (non-hydrogen) atoms. The van der Waals surface area contributed by atoms with Crippen LogP contribution in [0.3, 0.4) is 0 Å². The van der Waals surface area contributed by atoms with Crippen LogP contribution in [-0.4, -0.2) is 17.9 Å². The van der Waals surface area contributed by atoms with Crippen molar-refractivity contribution in [3.63, 3.8) is 0 Å². The average molecular weight is 426 g/mol. The first-order valence-electron chi connectivity index (χ1n) is 9.25. The molecule has 0 aliphatic rings. The Labute approximate surface area is 175 Å². The van der Waals surface area contributed by atoms with E-state index in [0.29, 0.717) is 11.3 Å². The summed E-state index contributed by atoms with van der Waals surface area (Å²) in [6, 6.07) is 13.8. The van der Waals surface area contributed by atoms with Crippen molar-refractivity contribution in [3.8, 4) is 17.0 Å². The zero-order valence-corrected chi connectivity index (χ0v) is 16.6. The highest BCUT2D eigenvalue weighted by molar-refractivity contribution is 6.14.